The molecule has 1 unspecified atom stereocenters. The molecule has 1 aliphatic carbocycles. The number of fused-ring (bicyclic) bond motifs is 11. The van der Waals surface area contributed by atoms with Gasteiger partial charge in [0.25, 0.3) is 0 Å². The number of nitrogens with one attached hydrogen (secondary N) is 2. The van der Waals surface area contributed by atoms with Gasteiger partial charge in [-0.25, -0.2) is 14.6 Å². The van der Waals surface area contributed by atoms with Crippen LogP contribution in [0.2, 0.25) is 0 Å². The van der Waals surface area contributed by atoms with Gasteiger partial charge < -0.3 is 28.9 Å². The van der Waals surface area contributed by atoms with Gasteiger partial charge in [0.15, 0.2) is 0 Å². The number of hydrogen-bond acceptors (Lipinski definition) is 10. The Morgan fingerprint density at radius 3 is 1.89 bits per heavy atom. The summed E-state index contributed by atoms with van der Waals surface area (Å²) in [5.74, 6) is -1.89. The van der Waals surface area contributed by atoms with Crippen LogP contribution < -0.4 is 0 Å². The number of carbonyl (C=O) groups excluding carboxylic acids is 4. The second kappa shape index (κ2) is 16.0. The number of esters is 4. The molecular formula is C44H48N4O8. The number of H-pyrrole nitrogens is 2. The van der Waals surface area contributed by atoms with Crippen LogP contribution in [0.5, 0.6) is 0 Å². The number of rotatable bonds is 11. The zero-order valence-corrected chi connectivity index (χ0v) is 33.3. The number of ether oxygens (including phenoxy) is 4. The summed E-state index contributed by atoms with van der Waals surface area (Å²) >= 11 is 0. The predicted octanol–water partition coefficient (Wildman–Crippen LogP) is 7.43. The summed E-state index contributed by atoms with van der Waals surface area (Å²) in [5, 5.41) is 0. The van der Waals surface area contributed by atoms with Gasteiger partial charge in [0.05, 0.1) is 66.8 Å². The standard InChI is InChI=1S/C44H48N4O8/c1-10-26-23(4)32-20-37-30-16-13-29(42(51)55-11-2)41(43(52)56-12-3)44(30,7)38(48-37)22-33-25(6)28(15-18-40(50)54-9)36(47-33)21-35-27(14-17-39(49)53-8)24(5)31(46-35)19-34(26)45-32/h10,16,19-22,46-47H,1,11-15,17-18H2,2-9H3. The molecule has 0 fully saturated rings. The lowest BCUT2D eigenvalue weighted by Crippen LogP contribution is -2.34. The molecule has 12 nitrogen and oxygen atoms in total. The van der Waals surface area contributed by atoms with E-state index in [0.29, 0.717) is 41.1 Å². The molecule has 0 aromatic carbocycles. The largest absolute Gasteiger partial charge is 0.469 e. The van der Waals surface area contributed by atoms with Crippen molar-refractivity contribution in [2.75, 3.05) is 27.4 Å². The van der Waals surface area contributed by atoms with Crippen molar-refractivity contribution >= 4 is 62.7 Å². The van der Waals surface area contributed by atoms with Crippen molar-refractivity contribution in [2.45, 2.75) is 79.1 Å². The molecule has 2 N–H and O–H groups in total. The minimum absolute atomic E-state index is 0.104. The van der Waals surface area contributed by atoms with Crippen molar-refractivity contribution in [1.29, 1.82) is 0 Å². The van der Waals surface area contributed by atoms with E-state index in [2.05, 4.69) is 16.5 Å². The predicted molar refractivity (Wildman–Crippen MR) is 214 cm³/mol. The Morgan fingerprint density at radius 2 is 1.34 bits per heavy atom. The van der Waals surface area contributed by atoms with Crippen LogP contribution >= 0.6 is 0 Å². The maximum Gasteiger partial charge on any atom is 0.335 e. The van der Waals surface area contributed by atoms with Gasteiger partial charge in [0.2, 0.25) is 0 Å². The van der Waals surface area contributed by atoms with Crippen LogP contribution in [0.15, 0.2) is 54.1 Å². The Balaban J connectivity index is 1.77. The number of aromatic nitrogens is 4. The maximum absolute atomic E-state index is 14.0. The summed E-state index contributed by atoms with van der Waals surface area (Å²) in [5.41, 5.74) is 10.7. The molecule has 0 amide bonds. The molecule has 0 saturated carbocycles. The number of nitrogens with zero attached hydrogens (tertiary/aromatic N) is 2. The fourth-order valence-electron chi connectivity index (χ4n) is 7.95. The molecule has 0 radical (unpaired) electrons. The van der Waals surface area contributed by atoms with E-state index in [0.717, 1.165) is 55.5 Å². The Bertz CT molecular complexity index is 2440. The minimum atomic E-state index is -1.22. The first-order chi connectivity index (χ1) is 26.8. The van der Waals surface area contributed by atoms with Gasteiger partial charge in [-0.05, 0) is 118 Å². The second-order valence-corrected chi connectivity index (χ2v) is 14.1. The lowest BCUT2D eigenvalue weighted by molar-refractivity contribution is -0.142. The zero-order valence-electron chi connectivity index (χ0n) is 33.3. The second-order valence-electron chi connectivity index (χ2n) is 14.1. The van der Waals surface area contributed by atoms with E-state index in [9.17, 15) is 19.2 Å². The number of carbonyl (C=O) groups is 4. The van der Waals surface area contributed by atoms with Crippen LogP contribution in [0, 0.1) is 13.8 Å². The van der Waals surface area contributed by atoms with Gasteiger partial charge in [-0.3, -0.25) is 14.6 Å². The van der Waals surface area contributed by atoms with Crippen LogP contribution in [0.1, 0.15) is 92.0 Å². The molecule has 1 atom stereocenters. The number of allylic oxidation sites excluding steroid dienone is 5. The first-order valence-corrected chi connectivity index (χ1v) is 18.8. The highest BCUT2D eigenvalue weighted by molar-refractivity contribution is 6.08. The van der Waals surface area contributed by atoms with Crippen LogP contribution in [-0.4, -0.2) is 71.2 Å². The van der Waals surface area contributed by atoms with Gasteiger partial charge in [-0.2, -0.15) is 0 Å². The third-order valence-corrected chi connectivity index (χ3v) is 11.0. The van der Waals surface area contributed by atoms with E-state index in [1.807, 2.05) is 58.0 Å². The van der Waals surface area contributed by atoms with Gasteiger partial charge >= 0.3 is 23.9 Å². The quantitative estimate of drug-likeness (QED) is 0.149. The summed E-state index contributed by atoms with van der Waals surface area (Å²) < 4.78 is 21.1. The molecule has 3 aliphatic rings. The van der Waals surface area contributed by atoms with Crippen LogP contribution in [0.25, 0.3) is 38.8 Å². The van der Waals surface area contributed by atoms with Crippen molar-refractivity contribution in [3.8, 4) is 0 Å². The molecule has 3 aromatic rings. The van der Waals surface area contributed by atoms with Crippen molar-refractivity contribution in [1.82, 2.24) is 19.9 Å². The fourth-order valence-corrected chi connectivity index (χ4v) is 7.95. The first-order valence-electron chi connectivity index (χ1n) is 18.8. The number of hydrogen-bond donors (Lipinski definition) is 2. The van der Waals surface area contributed by atoms with Gasteiger partial charge in [0, 0.05) is 40.5 Å². The Kier molecular flexibility index (Phi) is 11.3. The molecule has 6 rings (SSSR count). The fraction of sp³-hybridized carbons (Fsp3) is 0.364. The summed E-state index contributed by atoms with van der Waals surface area (Å²) in [6.07, 6.45) is 4.95. The lowest BCUT2D eigenvalue weighted by Gasteiger charge is -2.33. The van der Waals surface area contributed by atoms with E-state index in [4.69, 9.17) is 28.9 Å². The average Bonchev–Trinajstić information content (AvgIpc) is 3.83. The number of aryl methyl sites for hydroxylation is 4. The third kappa shape index (κ3) is 7.00. The molecule has 2 aliphatic heterocycles. The summed E-state index contributed by atoms with van der Waals surface area (Å²) in [6, 6.07) is 7.77. The smallest absolute Gasteiger partial charge is 0.335 e. The maximum atomic E-state index is 14.0. The van der Waals surface area contributed by atoms with E-state index in [1.54, 1.807) is 19.9 Å². The van der Waals surface area contributed by atoms with Gasteiger partial charge in [0.1, 0.15) is 0 Å². The average molecular weight is 761 g/mol. The lowest BCUT2D eigenvalue weighted by atomic mass is 9.68. The Hall–Kier alpha value is -6.04. The molecule has 5 heterocycles. The first kappa shape index (κ1) is 39.6. The van der Waals surface area contributed by atoms with Crippen LogP contribution in [0.3, 0.4) is 0 Å². The van der Waals surface area contributed by atoms with E-state index < -0.39 is 17.4 Å². The Labute approximate surface area is 325 Å². The zero-order chi connectivity index (χ0) is 40.5. The number of aromatic amines is 2. The molecule has 292 valence electrons. The minimum Gasteiger partial charge on any atom is -0.469 e. The highest BCUT2D eigenvalue weighted by Gasteiger charge is 2.49. The van der Waals surface area contributed by atoms with Crippen LogP contribution in [0.4, 0.5) is 0 Å². The summed E-state index contributed by atoms with van der Waals surface area (Å²) in [6.45, 7) is 15.6. The molecule has 3 aromatic heterocycles. The van der Waals surface area contributed by atoms with Crippen molar-refractivity contribution in [3.63, 3.8) is 0 Å². The highest BCUT2D eigenvalue weighted by Crippen LogP contribution is 2.52. The normalized spacial score (nSPS) is 16.2. The molecule has 8 bridgehead atoms. The number of methoxy groups -OCH3 is 2. The molecule has 0 saturated heterocycles. The molecule has 12 heteroatoms. The van der Waals surface area contributed by atoms with Gasteiger partial charge in [-0.15, -0.1) is 0 Å². The van der Waals surface area contributed by atoms with E-state index in [1.165, 1.54) is 14.2 Å². The van der Waals surface area contributed by atoms with Crippen molar-refractivity contribution < 1.29 is 38.1 Å². The summed E-state index contributed by atoms with van der Waals surface area (Å²) in [4.78, 5) is 69.8. The third-order valence-electron chi connectivity index (χ3n) is 11.0. The summed E-state index contributed by atoms with van der Waals surface area (Å²) in [7, 11) is 2.73. The molecule has 56 heavy (non-hydrogen) atoms. The van der Waals surface area contributed by atoms with Gasteiger partial charge in [-0.1, -0.05) is 18.7 Å². The van der Waals surface area contributed by atoms with E-state index in [-0.39, 0.29) is 55.6 Å². The Morgan fingerprint density at radius 1 is 0.768 bits per heavy atom. The molecular weight excluding hydrogens is 713 g/mol. The van der Waals surface area contributed by atoms with Crippen molar-refractivity contribution in [3.05, 3.63) is 99.2 Å². The highest BCUT2D eigenvalue weighted by atomic mass is 16.5. The topological polar surface area (TPSA) is 163 Å². The van der Waals surface area contributed by atoms with Crippen LogP contribution in [-0.2, 0) is 56.4 Å². The molecule has 0 spiro atoms. The van der Waals surface area contributed by atoms with Crippen molar-refractivity contribution in [2.24, 2.45) is 0 Å². The monoisotopic (exact) mass is 760 g/mol. The van der Waals surface area contributed by atoms with E-state index >= 15 is 0 Å². The SMILES string of the molecule is C=CC1=C(C)c2cc3nc(cc4[nH]c(cc5[nH]c(cc1n2)c(C)c5CCC(=O)OC)c(CCC(=O)OC)c4C)C1(C)C3=CCC(C(=O)OCC)=C1C(=O)OCC.